The van der Waals surface area contributed by atoms with E-state index in [2.05, 4.69) is 9.97 Å². The minimum atomic E-state index is -3.62. The Hall–Kier alpha value is -2.85. The maximum Gasteiger partial charge on any atom is 0.260 e. The average molecular weight is 541 g/mol. The maximum atomic E-state index is 13.7. The number of hydrogen-bond donors (Lipinski definition) is 0. The molecule has 0 saturated carbocycles. The van der Waals surface area contributed by atoms with Crippen molar-refractivity contribution in [1.29, 1.82) is 0 Å². The van der Waals surface area contributed by atoms with Gasteiger partial charge in [-0.05, 0) is 67.8 Å². The lowest BCUT2D eigenvalue weighted by molar-refractivity contribution is 0.0985. The number of fused-ring (bicyclic) bond motifs is 1. The molecule has 1 aliphatic heterocycles. The molecule has 1 unspecified atom stereocenters. The van der Waals surface area contributed by atoms with Crippen molar-refractivity contribution < 1.29 is 13.2 Å². The van der Waals surface area contributed by atoms with Gasteiger partial charge in [0.15, 0.2) is 5.13 Å². The van der Waals surface area contributed by atoms with Crippen LogP contribution in [0.1, 0.15) is 42.1 Å². The lowest BCUT2D eigenvalue weighted by Crippen LogP contribution is -2.41. The summed E-state index contributed by atoms with van der Waals surface area (Å²) >= 11 is 7.71. The fourth-order valence-corrected chi connectivity index (χ4v) is 7.37. The number of anilines is 1. The molecule has 2 aromatic carbocycles. The first-order chi connectivity index (χ1) is 17.3. The zero-order valence-electron chi connectivity index (χ0n) is 19.7. The van der Waals surface area contributed by atoms with Crippen molar-refractivity contribution in [2.75, 3.05) is 11.4 Å². The summed E-state index contributed by atoms with van der Waals surface area (Å²) in [5, 5.41) is 1.02. The third kappa shape index (κ3) is 4.88. The number of sulfonamides is 1. The lowest BCUT2D eigenvalue weighted by Gasteiger charge is -2.32. The van der Waals surface area contributed by atoms with E-state index in [1.165, 1.54) is 23.5 Å². The van der Waals surface area contributed by atoms with Crippen LogP contribution in [0.4, 0.5) is 5.13 Å². The van der Waals surface area contributed by atoms with E-state index >= 15 is 0 Å². The highest BCUT2D eigenvalue weighted by Gasteiger charge is 2.31. The molecule has 1 aliphatic rings. The number of halogens is 1. The summed E-state index contributed by atoms with van der Waals surface area (Å²) in [4.78, 5) is 24.3. The van der Waals surface area contributed by atoms with E-state index in [9.17, 15) is 13.2 Å². The minimum Gasteiger partial charge on any atom is -0.279 e. The van der Waals surface area contributed by atoms with Gasteiger partial charge in [0.2, 0.25) is 10.0 Å². The quantitative estimate of drug-likeness (QED) is 0.311. The second-order valence-corrected chi connectivity index (χ2v) is 12.1. The molecular formula is C26H25ClN4O3S2. The Balaban J connectivity index is 1.48. The number of pyridine rings is 1. The van der Waals surface area contributed by atoms with Gasteiger partial charge in [0.1, 0.15) is 5.52 Å². The first-order valence-corrected chi connectivity index (χ1v) is 14.4. The second kappa shape index (κ2) is 10.3. The van der Waals surface area contributed by atoms with Gasteiger partial charge in [-0.1, -0.05) is 41.5 Å². The van der Waals surface area contributed by atoms with Gasteiger partial charge in [0, 0.05) is 30.5 Å². The fourth-order valence-electron chi connectivity index (χ4n) is 4.41. The van der Waals surface area contributed by atoms with Gasteiger partial charge in [-0.25, -0.2) is 13.4 Å². The highest BCUT2D eigenvalue weighted by Crippen LogP contribution is 2.34. The third-order valence-corrected chi connectivity index (χ3v) is 9.72. The first-order valence-electron chi connectivity index (χ1n) is 11.7. The molecule has 186 valence electrons. The Morgan fingerprint density at radius 2 is 1.94 bits per heavy atom. The average Bonchev–Trinajstić information content (AvgIpc) is 3.33. The molecule has 0 radical (unpaired) electrons. The van der Waals surface area contributed by atoms with Crippen LogP contribution in [0.25, 0.3) is 10.2 Å². The molecule has 2 aromatic heterocycles. The Morgan fingerprint density at radius 1 is 1.14 bits per heavy atom. The molecule has 10 heteroatoms. The summed E-state index contributed by atoms with van der Waals surface area (Å²) in [6.45, 7) is 2.72. The molecule has 0 N–H and O–H groups in total. The van der Waals surface area contributed by atoms with E-state index in [-0.39, 0.29) is 23.4 Å². The van der Waals surface area contributed by atoms with Gasteiger partial charge < -0.3 is 0 Å². The molecule has 4 aromatic rings. The topological polar surface area (TPSA) is 83.5 Å². The summed E-state index contributed by atoms with van der Waals surface area (Å²) in [6, 6.07) is 15.4. The number of carbonyl (C=O) groups excluding carboxylic acids is 1. The molecule has 1 saturated heterocycles. The number of benzene rings is 2. The molecule has 1 fully saturated rings. The standard InChI is InChI=1S/C26H25ClN4O3S2/c1-18-6-2-3-15-31(18)36(33,34)21-12-10-20(11-13-21)25(32)30(17-19-7-5-14-28-16-19)26-29-24-22(27)8-4-9-23(24)35-26/h4-5,7-14,16,18H,2-3,6,15,17H2,1H3. The number of nitrogens with zero attached hydrogens (tertiary/aromatic N) is 4. The van der Waals surface area contributed by atoms with Crippen molar-refractivity contribution in [1.82, 2.24) is 14.3 Å². The summed E-state index contributed by atoms with van der Waals surface area (Å²) in [5.74, 6) is -0.288. The molecule has 1 atom stereocenters. The maximum absolute atomic E-state index is 13.7. The molecule has 1 amide bonds. The molecule has 3 heterocycles. The molecular weight excluding hydrogens is 516 g/mol. The summed E-state index contributed by atoms with van der Waals surface area (Å²) in [6.07, 6.45) is 6.12. The van der Waals surface area contributed by atoms with Crippen LogP contribution in [-0.2, 0) is 16.6 Å². The highest BCUT2D eigenvalue weighted by atomic mass is 35.5. The van der Waals surface area contributed by atoms with Crippen LogP contribution < -0.4 is 4.90 Å². The van der Waals surface area contributed by atoms with Crippen LogP contribution in [0, 0.1) is 0 Å². The Morgan fingerprint density at radius 3 is 2.64 bits per heavy atom. The zero-order chi connectivity index (χ0) is 25.3. The van der Waals surface area contributed by atoms with Crippen molar-refractivity contribution in [3.05, 3.63) is 83.1 Å². The zero-order valence-corrected chi connectivity index (χ0v) is 22.1. The second-order valence-electron chi connectivity index (χ2n) is 8.82. The third-order valence-electron chi connectivity index (χ3n) is 6.35. The Kier molecular flexibility index (Phi) is 7.07. The van der Waals surface area contributed by atoms with Crippen LogP contribution >= 0.6 is 22.9 Å². The molecule has 36 heavy (non-hydrogen) atoms. The van der Waals surface area contributed by atoms with Crippen molar-refractivity contribution in [2.24, 2.45) is 0 Å². The van der Waals surface area contributed by atoms with E-state index in [4.69, 9.17) is 11.6 Å². The number of para-hydroxylation sites is 1. The highest BCUT2D eigenvalue weighted by molar-refractivity contribution is 7.89. The van der Waals surface area contributed by atoms with Gasteiger partial charge in [0.05, 0.1) is 21.2 Å². The fraction of sp³-hybridized carbons (Fsp3) is 0.269. The number of rotatable bonds is 6. The van der Waals surface area contributed by atoms with Gasteiger partial charge in [-0.2, -0.15) is 4.31 Å². The van der Waals surface area contributed by atoms with Gasteiger partial charge in [-0.3, -0.25) is 14.7 Å². The Bertz CT molecular complexity index is 1490. The molecule has 0 spiro atoms. The summed E-state index contributed by atoms with van der Waals surface area (Å²) in [5.41, 5.74) is 1.85. The molecule has 0 bridgehead atoms. The smallest absolute Gasteiger partial charge is 0.260 e. The van der Waals surface area contributed by atoms with Crippen LogP contribution in [0.2, 0.25) is 5.02 Å². The molecule has 5 rings (SSSR count). The number of amides is 1. The van der Waals surface area contributed by atoms with E-state index in [1.54, 1.807) is 39.8 Å². The number of carbonyl (C=O) groups is 1. The lowest BCUT2D eigenvalue weighted by atomic mass is 10.1. The van der Waals surface area contributed by atoms with Crippen LogP contribution in [-0.4, -0.2) is 41.2 Å². The molecule has 0 aliphatic carbocycles. The largest absolute Gasteiger partial charge is 0.279 e. The first kappa shape index (κ1) is 24.8. The van der Waals surface area contributed by atoms with Gasteiger partial charge in [0.25, 0.3) is 5.91 Å². The van der Waals surface area contributed by atoms with Crippen LogP contribution in [0.15, 0.2) is 71.9 Å². The normalized spacial score (nSPS) is 16.8. The van der Waals surface area contributed by atoms with Crippen molar-refractivity contribution in [2.45, 2.75) is 43.7 Å². The molecule has 7 nitrogen and oxygen atoms in total. The van der Waals surface area contributed by atoms with E-state index in [0.717, 1.165) is 29.5 Å². The van der Waals surface area contributed by atoms with Crippen molar-refractivity contribution in [3.8, 4) is 0 Å². The number of piperidine rings is 1. The number of aromatic nitrogens is 2. The van der Waals surface area contributed by atoms with Gasteiger partial charge >= 0.3 is 0 Å². The van der Waals surface area contributed by atoms with E-state index in [0.29, 0.717) is 27.8 Å². The van der Waals surface area contributed by atoms with E-state index in [1.807, 2.05) is 31.2 Å². The monoisotopic (exact) mass is 540 g/mol. The summed E-state index contributed by atoms with van der Waals surface area (Å²) < 4.78 is 28.9. The number of thiazole rings is 1. The predicted octanol–water partition coefficient (Wildman–Crippen LogP) is 5.75. The van der Waals surface area contributed by atoms with Crippen molar-refractivity contribution in [3.63, 3.8) is 0 Å². The van der Waals surface area contributed by atoms with Crippen molar-refractivity contribution >= 4 is 54.2 Å². The van der Waals surface area contributed by atoms with Gasteiger partial charge in [-0.15, -0.1) is 0 Å². The van der Waals surface area contributed by atoms with Crippen LogP contribution in [0.3, 0.4) is 0 Å². The predicted molar refractivity (Wildman–Crippen MR) is 143 cm³/mol. The summed E-state index contributed by atoms with van der Waals surface area (Å²) in [7, 11) is -3.62. The van der Waals surface area contributed by atoms with E-state index < -0.39 is 10.0 Å². The minimum absolute atomic E-state index is 0.0362. The van der Waals surface area contributed by atoms with Crippen LogP contribution in [0.5, 0.6) is 0 Å². The SMILES string of the molecule is CC1CCCCN1S(=O)(=O)c1ccc(C(=O)N(Cc2cccnc2)c2nc3c(Cl)cccc3s2)cc1. The Labute approximate surface area is 219 Å². The number of hydrogen-bond acceptors (Lipinski definition) is 6.